The third kappa shape index (κ3) is 0.939. The maximum absolute atomic E-state index is 10.8. The molecule has 2 saturated heterocycles. The number of hydrogen-bond donors (Lipinski definition) is 1. The highest BCUT2D eigenvalue weighted by Crippen LogP contribution is 2.30. The van der Waals surface area contributed by atoms with Gasteiger partial charge in [0.25, 0.3) is 0 Å². The average Bonchev–Trinajstić information content (AvgIpc) is 2.26. The topological polar surface area (TPSA) is 66.8 Å². The molecule has 12 heavy (non-hydrogen) atoms. The Morgan fingerprint density at radius 2 is 2.50 bits per heavy atom. The molecule has 0 aliphatic carbocycles. The van der Waals surface area contributed by atoms with Gasteiger partial charge in [0.05, 0.1) is 19.0 Å². The zero-order valence-electron chi connectivity index (χ0n) is 6.19. The van der Waals surface area contributed by atoms with Gasteiger partial charge in [0.15, 0.2) is 6.23 Å². The van der Waals surface area contributed by atoms with Crippen molar-refractivity contribution in [2.24, 2.45) is 0 Å². The molecule has 0 radical (unpaired) electrons. The van der Waals surface area contributed by atoms with Gasteiger partial charge < -0.3 is 9.84 Å². The Hall–Kier alpha value is -1.52. The van der Waals surface area contributed by atoms with Crippen molar-refractivity contribution in [3.05, 3.63) is 11.8 Å². The number of ether oxygens (including phenoxy) is 1. The molecule has 0 saturated carbocycles. The van der Waals surface area contributed by atoms with Crippen LogP contribution in [0.15, 0.2) is 11.8 Å². The quantitative estimate of drug-likeness (QED) is 0.426. The smallest absolute Gasteiger partial charge is 0.331 e. The van der Waals surface area contributed by atoms with E-state index in [-0.39, 0.29) is 12.1 Å². The van der Waals surface area contributed by atoms with E-state index in [4.69, 9.17) is 9.84 Å². The third-order valence-electron chi connectivity index (χ3n) is 1.92. The van der Waals surface area contributed by atoms with Gasteiger partial charge >= 0.3 is 5.97 Å². The SMILES string of the molecule is O=C(O)/C=C1\CN2C(=O)CC2O1. The highest BCUT2D eigenvalue weighted by Gasteiger charge is 2.43. The lowest BCUT2D eigenvalue weighted by Gasteiger charge is -2.30. The molecule has 5 nitrogen and oxygen atoms in total. The van der Waals surface area contributed by atoms with Gasteiger partial charge in [-0.25, -0.2) is 4.79 Å². The second-order valence-corrected chi connectivity index (χ2v) is 2.75. The predicted octanol–water partition coefficient (Wildman–Crippen LogP) is -0.456. The summed E-state index contributed by atoms with van der Waals surface area (Å²) in [6, 6.07) is 0. The van der Waals surface area contributed by atoms with Crippen molar-refractivity contribution in [2.75, 3.05) is 6.54 Å². The molecular formula is C7H7NO4. The number of hydrogen-bond acceptors (Lipinski definition) is 3. The number of carboxylic acids is 1. The summed E-state index contributed by atoms with van der Waals surface area (Å²) in [5, 5.41) is 8.37. The number of carbonyl (C=O) groups excluding carboxylic acids is 1. The first-order valence-corrected chi connectivity index (χ1v) is 3.56. The second kappa shape index (κ2) is 2.23. The van der Waals surface area contributed by atoms with Crippen LogP contribution in [0.4, 0.5) is 0 Å². The molecule has 2 aliphatic rings. The molecule has 0 bridgehead atoms. The molecule has 1 unspecified atom stereocenters. The van der Waals surface area contributed by atoms with Crippen LogP contribution in [0.5, 0.6) is 0 Å². The summed E-state index contributed by atoms with van der Waals surface area (Å²) in [6.07, 6.45) is 1.16. The Kier molecular flexibility index (Phi) is 1.33. The zero-order chi connectivity index (χ0) is 8.72. The van der Waals surface area contributed by atoms with E-state index in [1.807, 2.05) is 0 Å². The highest BCUT2D eigenvalue weighted by molar-refractivity contribution is 5.84. The number of carbonyl (C=O) groups is 2. The van der Waals surface area contributed by atoms with Crippen LogP contribution in [0, 0.1) is 0 Å². The standard InChI is InChI=1S/C7H7NO4/c9-5-2-6-8(5)3-4(12-6)1-7(10)11/h1,6H,2-3H2,(H,10,11)/b4-1+. The second-order valence-electron chi connectivity index (χ2n) is 2.75. The lowest BCUT2D eigenvalue weighted by molar-refractivity contribution is -0.153. The maximum atomic E-state index is 10.8. The Bertz CT molecular complexity index is 283. The Morgan fingerprint density at radius 3 is 3.00 bits per heavy atom. The van der Waals surface area contributed by atoms with Crippen molar-refractivity contribution in [1.29, 1.82) is 0 Å². The Balaban J connectivity index is 2.07. The van der Waals surface area contributed by atoms with Gasteiger partial charge in [-0.2, -0.15) is 0 Å². The normalized spacial score (nSPS) is 29.7. The van der Waals surface area contributed by atoms with E-state index in [1.54, 1.807) is 0 Å². The molecule has 0 aromatic rings. The predicted molar refractivity (Wildman–Crippen MR) is 36.9 cm³/mol. The highest BCUT2D eigenvalue weighted by atomic mass is 16.5. The largest absolute Gasteiger partial charge is 0.478 e. The lowest BCUT2D eigenvalue weighted by Crippen LogP contribution is -2.48. The Morgan fingerprint density at radius 1 is 1.75 bits per heavy atom. The van der Waals surface area contributed by atoms with E-state index >= 15 is 0 Å². The van der Waals surface area contributed by atoms with Crippen molar-refractivity contribution in [3.8, 4) is 0 Å². The number of nitrogens with zero attached hydrogens (tertiary/aromatic N) is 1. The summed E-state index contributed by atoms with van der Waals surface area (Å²) in [5.41, 5.74) is 0. The van der Waals surface area contributed by atoms with E-state index in [0.717, 1.165) is 6.08 Å². The van der Waals surface area contributed by atoms with Crippen LogP contribution in [0.2, 0.25) is 0 Å². The van der Waals surface area contributed by atoms with Crippen LogP contribution in [0.1, 0.15) is 6.42 Å². The number of β-lactam (4-membered cyclic amide) rings is 1. The maximum Gasteiger partial charge on any atom is 0.331 e. The number of amides is 1. The molecule has 5 heteroatoms. The lowest BCUT2D eigenvalue weighted by atomic mass is 10.2. The molecular weight excluding hydrogens is 162 g/mol. The van der Waals surface area contributed by atoms with Crippen LogP contribution >= 0.6 is 0 Å². The molecule has 1 amide bonds. The minimum absolute atomic E-state index is 0.0220. The fraction of sp³-hybridized carbons (Fsp3) is 0.429. The average molecular weight is 169 g/mol. The molecule has 2 heterocycles. The molecule has 2 rings (SSSR count). The van der Waals surface area contributed by atoms with Crippen LogP contribution in [0.3, 0.4) is 0 Å². The number of carboxylic acid groups (broad SMARTS) is 1. The van der Waals surface area contributed by atoms with E-state index in [9.17, 15) is 9.59 Å². The van der Waals surface area contributed by atoms with Gasteiger partial charge in [-0.3, -0.25) is 9.69 Å². The molecule has 1 N–H and O–H groups in total. The van der Waals surface area contributed by atoms with Crippen LogP contribution in [-0.4, -0.2) is 34.7 Å². The number of rotatable bonds is 1. The number of fused-ring (bicyclic) bond motifs is 1. The summed E-state index contributed by atoms with van der Waals surface area (Å²) in [4.78, 5) is 22.5. The molecule has 1 atom stereocenters. The van der Waals surface area contributed by atoms with Crippen LogP contribution in [-0.2, 0) is 14.3 Å². The summed E-state index contributed by atoms with van der Waals surface area (Å²) in [5.74, 6) is -0.660. The van der Waals surface area contributed by atoms with Gasteiger partial charge in [-0.15, -0.1) is 0 Å². The van der Waals surface area contributed by atoms with Gasteiger partial charge in [0, 0.05) is 0 Å². The molecule has 0 aromatic heterocycles. The summed E-state index contributed by atoms with van der Waals surface area (Å²) in [7, 11) is 0. The van der Waals surface area contributed by atoms with E-state index in [2.05, 4.69) is 0 Å². The first-order valence-electron chi connectivity index (χ1n) is 3.56. The van der Waals surface area contributed by atoms with Crippen molar-refractivity contribution in [2.45, 2.75) is 12.6 Å². The van der Waals surface area contributed by atoms with Gasteiger partial charge in [0.2, 0.25) is 5.91 Å². The fourth-order valence-electron chi connectivity index (χ4n) is 1.32. The summed E-state index contributed by atoms with van der Waals surface area (Å²) in [6.45, 7) is 0.301. The Labute approximate surface area is 68.2 Å². The zero-order valence-corrected chi connectivity index (χ0v) is 6.19. The van der Waals surface area contributed by atoms with E-state index in [0.29, 0.717) is 18.7 Å². The van der Waals surface area contributed by atoms with Crippen LogP contribution < -0.4 is 0 Å². The van der Waals surface area contributed by atoms with E-state index < -0.39 is 5.97 Å². The number of aliphatic carboxylic acids is 1. The first kappa shape index (κ1) is 7.15. The van der Waals surface area contributed by atoms with Crippen LogP contribution in [0.25, 0.3) is 0 Å². The van der Waals surface area contributed by atoms with Gasteiger partial charge in [0.1, 0.15) is 5.76 Å². The fourth-order valence-corrected chi connectivity index (χ4v) is 1.32. The summed E-state index contributed by atoms with van der Waals surface area (Å²) >= 11 is 0. The third-order valence-corrected chi connectivity index (χ3v) is 1.92. The molecule has 0 aromatic carbocycles. The minimum Gasteiger partial charge on any atom is -0.478 e. The van der Waals surface area contributed by atoms with Gasteiger partial charge in [-0.05, 0) is 0 Å². The molecule has 2 fully saturated rings. The minimum atomic E-state index is -1.04. The monoisotopic (exact) mass is 169 g/mol. The molecule has 2 aliphatic heterocycles. The molecule has 64 valence electrons. The molecule has 0 spiro atoms. The first-order chi connectivity index (χ1) is 5.66. The van der Waals surface area contributed by atoms with Crippen molar-refractivity contribution in [3.63, 3.8) is 0 Å². The van der Waals surface area contributed by atoms with Crippen molar-refractivity contribution >= 4 is 11.9 Å². The van der Waals surface area contributed by atoms with Crippen molar-refractivity contribution in [1.82, 2.24) is 4.90 Å². The van der Waals surface area contributed by atoms with E-state index in [1.165, 1.54) is 4.90 Å². The summed E-state index contributed by atoms with van der Waals surface area (Å²) < 4.78 is 5.13. The van der Waals surface area contributed by atoms with Crippen molar-refractivity contribution < 1.29 is 19.4 Å². The van der Waals surface area contributed by atoms with Gasteiger partial charge in [-0.1, -0.05) is 0 Å².